The first-order valence-corrected chi connectivity index (χ1v) is 8.19. The van der Waals surface area contributed by atoms with Crippen molar-refractivity contribution in [3.63, 3.8) is 0 Å². The summed E-state index contributed by atoms with van der Waals surface area (Å²) in [5, 5.41) is 0. The average Bonchev–Trinajstić information content (AvgIpc) is 2.85. The van der Waals surface area contributed by atoms with Crippen LogP contribution in [0, 0.1) is 5.41 Å². The highest BCUT2D eigenvalue weighted by molar-refractivity contribution is 5.77. The van der Waals surface area contributed by atoms with E-state index in [-0.39, 0.29) is 5.54 Å². The lowest BCUT2D eigenvalue weighted by Gasteiger charge is -2.32. The van der Waals surface area contributed by atoms with Crippen LogP contribution in [0.15, 0.2) is 0 Å². The van der Waals surface area contributed by atoms with Crippen molar-refractivity contribution in [1.82, 2.24) is 4.90 Å². The summed E-state index contributed by atoms with van der Waals surface area (Å²) < 4.78 is 0. The summed E-state index contributed by atoms with van der Waals surface area (Å²) in [7, 11) is 0. The Morgan fingerprint density at radius 1 is 1.00 bits per heavy atom. The van der Waals surface area contributed by atoms with Crippen LogP contribution in [0.25, 0.3) is 0 Å². The molecule has 0 heterocycles. The van der Waals surface area contributed by atoms with Gasteiger partial charge in [-0.2, -0.15) is 0 Å². The highest BCUT2D eigenvalue weighted by Crippen LogP contribution is 2.59. The summed E-state index contributed by atoms with van der Waals surface area (Å²) in [6.07, 6.45) is 8.95. The van der Waals surface area contributed by atoms with Crippen molar-refractivity contribution < 1.29 is 4.79 Å². The highest BCUT2D eigenvalue weighted by atomic mass is 16.2. The summed E-state index contributed by atoms with van der Waals surface area (Å²) in [6, 6.07) is 0. The van der Waals surface area contributed by atoms with Gasteiger partial charge in [-0.25, -0.2) is 0 Å². The number of rotatable bonds is 9. The number of amides is 1. The molecule has 1 aliphatic carbocycles. The number of carbonyl (C=O) groups excluding carboxylic acids is 1. The molecule has 1 saturated carbocycles. The molecule has 0 bridgehead atoms. The van der Waals surface area contributed by atoms with E-state index in [1.54, 1.807) is 0 Å². The van der Waals surface area contributed by atoms with Crippen molar-refractivity contribution in [2.75, 3.05) is 6.54 Å². The molecule has 2 nitrogen and oxygen atoms in total. The van der Waals surface area contributed by atoms with Crippen LogP contribution in [-0.4, -0.2) is 22.9 Å². The topological polar surface area (TPSA) is 20.3 Å². The molecule has 0 aromatic rings. The Morgan fingerprint density at radius 2 is 1.58 bits per heavy atom. The van der Waals surface area contributed by atoms with Crippen molar-refractivity contribution in [3.05, 3.63) is 0 Å². The minimum absolute atomic E-state index is 0.115. The van der Waals surface area contributed by atoms with Gasteiger partial charge in [0.05, 0.1) is 0 Å². The highest BCUT2D eigenvalue weighted by Gasteiger charge is 2.61. The Kier molecular flexibility index (Phi) is 5.88. The lowest BCUT2D eigenvalue weighted by atomic mass is 10.0. The molecule has 0 aromatic heterocycles. The maximum atomic E-state index is 12.5. The number of unbranched alkanes of at least 4 members (excludes halogenated alkanes) is 4. The summed E-state index contributed by atoms with van der Waals surface area (Å²) in [4.78, 5) is 14.7. The Bertz CT molecular complexity index is 298. The van der Waals surface area contributed by atoms with Crippen molar-refractivity contribution in [1.29, 1.82) is 0 Å². The molecule has 0 aliphatic heterocycles. The van der Waals surface area contributed by atoms with Gasteiger partial charge in [0.1, 0.15) is 0 Å². The zero-order valence-electron chi connectivity index (χ0n) is 13.7. The minimum Gasteiger partial charge on any atom is -0.337 e. The fourth-order valence-corrected chi connectivity index (χ4v) is 3.08. The zero-order valence-corrected chi connectivity index (χ0v) is 13.7. The first kappa shape index (κ1) is 16.5. The summed E-state index contributed by atoms with van der Waals surface area (Å²) in [5.41, 5.74) is 0.420. The van der Waals surface area contributed by atoms with Crippen molar-refractivity contribution in [3.8, 4) is 0 Å². The first-order chi connectivity index (χ1) is 8.89. The van der Waals surface area contributed by atoms with Crippen LogP contribution in [0.4, 0.5) is 0 Å². The summed E-state index contributed by atoms with van der Waals surface area (Å²) in [5.74, 6) is 0.387. The van der Waals surface area contributed by atoms with E-state index in [1.807, 2.05) is 0 Å². The molecule has 0 spiro atoms. The lowest BCUT2D eigenvalue weighted by Crippen LogP contribution is -2.43. The third-order valence-electron chi connectivity index (χ3n) is 5.00. The van der Waals surface area contributed by atoms with Crippen LogP contribution in [0.2, 0.25) is 0 Å². The second kappa shape index (κ2) is 6.76. The molecule has 112 valence electrons. The van der Waals surface area contributed by atoms with Crippen molar-refractivity contribution in [2.24, 2.45) is 5.41 Å². The second-order valence-corrected chi connectivity index (χ2v) is 7.04. The zero-order chi connectivity index (χ0) is 14.5. The van der Waals surface area contributed by atoms with Crippen LogP contribution < -0.4 is 0 Å². The third kappa shape index (κ3) is 3.97. The molecule has 0 saturated heterocycles. The first-order valence-electron chi connectivity index (χ1n) is 8.19. The van der Waals surface area contributed by atoms with Crippen molar-refractivity contribution >= 4 is 5.91 Å². The third-order valence-corrected chi connectivity index (χ3v) is 5.00. The molecule has 0 aromatic carbocycles. The second-order valence-electron chi connectivity index (χ2n) is 7.04. The lowest BCUT2D eigenvalue weighted by molar-refractivity contribution is -0.135. The number of nitrogens with zero attached hydrogens (tertiary/aromatic N) is 1. The van der Waals surface area contributed by atoms with Crippen LogP contribution in [-0.2, 0) is 4.79 Å². The van der Waals surface area contributed by atoms with E-state index >= 15 is 0 Å². The van der Waals surface area contributed by atoms with Crippen LogP contribution in [0.5, 0.6) is 0 Å². The van der Waals surface area contributed by atoms with Gasteiger partial charge in [0.15, 0.2) is 0 Å². The summed E-state index contributed by atoms with van der Waals surface area (Å²) >= 11 is 0. The molecule has 1 aliphatic rings. The molecule has 1 fully saturated rings. The molecule has 19 heavy (non-hydrogen) atoms. The van der Waals surface area contributed by atoms with Crippen LogP contribution in [0.3, 0.4) is 0 Å². The van der Waals surface area contributed by atoms with E-state index in [0.29, 0.717) is 11.3 Å². The summed E-state index contributed by atoms with van der Waals surface area (Å²) in [6.45, 7) is 12.2. The van der Waals surface area contributed by atoms with Gasteiger partial charge in [0.25, 0.3) is 0 Å². The monoisotopic (exact) mass is 267 g/mol. The van der Waals surface area contributed by atoms with Gasteiger partial charge in [-0.05, 0) is 31.6 Å². The van der Waals surface area contributed by atoms with Gasteiger partial charge in [-0.1, -0.05) is 53.4 Å². The molecule has 1 rings (SSSR count). The van der Waals surface area contributed by atoms with Gasteiger partial charge >= 0.3 is 0 Å². The Hall–Kier alpha value is -0.530. The molecule has 2 heteroatoms. The fraction of sp³-hybridized carbons (Fsp3) is 0.941. The number of carbonyl (C=O) groups is 1. The Morgan fingerprint density at radius 3 is 2.05 bits per heavy atom. The predicted molar refractivity (Wildman–Crippen MR) is 82.2 cm³/mol. The van der Waals surface area contributed by atoms with Crippen LogP contribution >= 0.6 is 0 Å². The molecule has 0 N–H and O–H groups in total. The molecule has 1 atom stereocenters. The minimum atomic E-state index is 0.115. The van der Waals surface area contributed by atoms with E-state index in [1.165, 1.54) is 19.3 Å². The van der Waals surface area contributed by atoms with Gasteiger partial charge in [0, 0.05) is 18.5 Å². The predicted octanol–water partition coefficient (Wildman–Crippen LogP) is 4.77. The van der Waals surface area contributed by atoms with E-state index in [0.717, 1.165) is 38.6 Å². The van der Waals surface area contributed by atoms with Gasteiger partial charge in [-0.15, -0.1) is 0 Å². The van der Waals surface area contributed by atoms with Gasteiger partial charge in [0.2, 0.25) is 5.91 Å². The normalized spacial score (nSPS) is 24.3. The van der Waals surface area contributed by atoms with E-state index in [2.05, 4.69) is 39.5 Å². The quantitative estimate of drug-likeness (QED) is 0.551. The van der Waals surface area contributed by atoms with Gasteiger partial charge < -0.3 is 4.90 Å². The maximum absolute atomic E-state index is 12.5. The molecule has 1 amide bonds. The molecular weight excluding hydrogens is 234 g/mol. The molecule has 0 radical (unpaired) electrons. The molecular formula is C17H33NO. The van der Waals surface area contributed by atoms with Gasteiger partial charge in [-0.3, -0.25) is 4.79 Å². The number of hydrogen-bond donors (Lipinski definition) is 0. The maximum Gasteiger partial charge on any atom is 0.223 e. The number of hydrogen-bond acceptors (Lipinski definition) is 1. The fourth-order valence-electron chi connectivity index (χ4n) is 3.08. The van der Waals surface area contributed by atoms with E-state index in [9.17, 15) is 4.79 Å². The standard InChI is InChI=1S/C17H33NO/c1-6-8-10-11-12-15(19)18(13-9-7-2)17(5)14-16(17,3)4/h6-14H2,1-5H3. The molecule has 1 unspecified atom stereocenters. The Balaban J connectivity index is 2.52. The average molecular weight is 267 g/mol. The van der Waals surface area contributed by atoms with E-state index in [4.69, 9.17) is 0 Å². The SMILES string of the molecule is CCCCCCC(=O)N(CCCC)C1(C)CC1(C)C. The smallest absolute Gasteiger partial charge is 0.223 e. The largest absolute Gasteiger partial charge is 0.337 e. The van der Waals surface area contributed by atoms with Crippen LogP contribution in [0.1, 0.15) is 86.0 Å². The van der Waals surface area contributed by atoms with E-state index < -0.39 is 0 Å². The van der Waals surface area contributed by atoms with Crippen molar-refractivity contribution in [2.45, 2.75) is 91.5 Å². The Labute approximate surface area is 119 Å².